The molecule has 34 heavy (non-hydrogen) atoms. The lowest BCUT2D eigenvalue weighted by molar-refractivity contribution is -0.118. The van der Waals surface area contributed by atoms with Gasteiger partial charge in [0.05, 0.1) is 18.3 Å². The number of benzene rings is 1. The molecule has 0 bridgehead atoms. The molecule has 4 rings (SSSR count). The Hall–Kier alpha value is -3.23. The average molecular weight is 478 g/mol. The predicted molar refractivity (Wildman–Crippen MR) is 139 cm³/mol. The minimum absolute atomic E-state index is 0.00160. The Balaban J connectivity index is 1.74. The summed E-state index contributed by atoms with van der Waals surface area (Å²) in [5.74, 6) is -0.0869. The summed E-state index contributed by atoms with van der Waals surface area (Å²) in [7, 11) is 1.71. The molecule has 3 aromatic rings. The van der Waals surface area contributed by atoms with Crippen LogP contribution in [-0.4, -0.2) is 34.3 Å². The van der Waals surface area contributed by atoms with Crippen molar-refractivity contribution in [2.75, 3.05) is 23.9 Å². The molecule has 2 atom stereocenters. The number of methoxy groups -OCH3 is 1. The largest absolute Gasteiger partial charge is 0.383 e. The van der Waals surface area contributed by atoms with E-state index in [4.69, 9.17) is 17.0 Å². The number of amides is 1. The molecule has 3 heterocycles. The highest BCUT2D eigenvalue weighted by Gasteiger charge is 2.42. The molecule has 8 heteroatoms. The number of carbonyl (C=O) groups excluding carboxylic acids is 1. The van der Waals surface area contributed by atoms with E-state index in [2.05, 4.69) is 49.5 Å². The summed E-state index contributed by atoms with van der Waals surface area (Å²) in [5.41, 5.74) is 4.79. The van der Waals surface area contributed by atoms with Crippen molar-refractivity contribution in [1.29, 1.82) is 0 Å². The lowest BCUT2D eigenvalue weighted by Crippen LogP contribution is -2.30. The number of aryl methyl sites for hydroxylation is 1. The molecule has 0 unspecified atom stereocenters. The highest BCUT2D eigenvalue weighted by Crippen LogP contribution is 2.42. The Morgan fingerprint density at radius 3 is 2.74 bits per heavy atom. The molecule has 0 aliphatic carbocycles. The number of pyridine rings is 1. The van der Waals surface area contributed by atoms with Crippen LogP contribution in [0.3, 0.4) is 0 Å². The van der Waals surface area contributed by atoms with E-state index in [1.807, 2.05) is 51.1 Å². The Kier molecular flexibility index (Phi) is 7.29. The molecular weight excluding hydrogens is 446 g/mol. The van der Waals surface area contributed by atoms with Crippen LogP contribution < -0.4 is 15.5 Å². The zero-order chi connectivity index (χ0) is 24.2. The molecule has 0 spiro atoms. The number of aromatic nitrogens is 2. The van der Waals surface area contributed by atoms with Gasteiger partial charge in [0.1, 0.15) is 6.04 Å². The van der Waals surface area contributed by atoms with Crippen molar-refractivity contribution in [2.45, 2.75) is 39.4 Å². The van der Waals surface area contributed by atoms with E-state index in [-0.39, 0.29) is 23.9 Å². The van der Waals surface area contributed by atoms with E-state index >= 15 is 0 Å². The SMILES string of the molecule is COCCn1cccc1[C@H]1[C@H](c2ccccn2)NC(=S)N1c1ccc(NC(=O)C(C)C)c(C)c1. The molecule has 1 aromatic carbocycles. The first-order valence-electron chi connectivity index (χ1n) is 11.5. The Bertz CT molecular complexity index is 1160. The summed E-state index contributed by atoms with van der Waals surface area (Å²) >= 11 is 5.84. The fourth-order valence-corrected chi connectivity index (χ4v) is 4.58. The molecule has 1 fully saturated rings. The number of ether oxygens (including phenoxy) is 1. The summed E-state index contributed by atoms with van der Waals surface area (Å²) in [6.07, 6.45) is 3.87. The highest BCUT2D eigenvalue weighted by molar-refractivity contribution is 7.80. The molecule has 2 N–H and O–H groups in total. The van der Waals surface area contributed by atoms with Gasteiger partial charge in [0.25, 0.3) is 0 Å². The van der Waals surface area contributed by atoms with Crippen LogP contribution in [0.5, 0.6) is 0 Å². The normalized spacial score (nSPS) is 17.8. The van der Waals surface area contributed by atoms with Gasteiger partial charge >= 0.3 is 0 Å². The van der Waals surface area contributed by atoms with E-state index in [0.717, 1.165) is 34.9 Å². The number of carbonyl (C=O) groups is 1. The van der Waals surface area contributed by atoms with Gasteiger partial charge < -0.3 is 24.8 Å². The third-order valence-corrected chi connectivity index (χ3v) is 6.39. The number of hydrogen-bond donors (Lipinski definition) is 2. The van der Waals surface area contributed by atoms with Crippen LogP contribution in [0.15, 0.2) is 60.9 Å². The van der Waals surface area contributed by atoms with E-state index in [0.29, 0.717) is 11.7 Å². The smallest absolute Gasteiger partial charge is 0.226 e. The van der Waals surface area contributed by atoms with Gasteiger partial charge in [0.2, 0.25) is 5.91 Å². The number of rotatable bonds is 8. The minimum atomic E-state index is -0.120. The van der Waals surface area contributed by atoms with Crippen molar-refractivity contribution >= 4 is 34.6 Å². The van der Waals surface area contributed by atoms with Crippen molar-refractivity contribution in [3.05, 3.63) is 77.9 Å². The quantitative estimate of drug-likeness (QED) is 0.462. The van der Waals surface area contributed by atoms with Gasteiger partial charge in [0.15, 0.2) is 5.11 Å². The van der Waals surface area contributed by atoms with Crippen molar-refractivity contribution in [1.82, 2.24) is 14.9 Å². The topological polar surface area (TPSA) is 71.4 Å². The van der Waals surface area contributed by atoms with Gasteiger partial charge in [-0.1, -0.05) is 19.9 Å². The minimum Gasteiger partial charge on any atom is -0.383 e. The summed E-state index contributed by atoms with van der Waals surface area (Å²) < 4.78 is 7.54. The van der Waals surface area contributed by atoms with Gasteiger partial charge in [-0.05, 0) is 67.2 Å². The monoisotopic (exact) mass is 477 g/mol. The number of nitrogens with zero attached hydrogens (tertiary/aromatic N) is 3. The Morgan fingerprint density at radius 2 is 2.06 bits per heavy atom. The lowest BCUT2D eigenvalue weighted by atomic mass is 10.0. The number of anilines is 2. The van der Waals surface area contributed by atoms with E-state index in [1.165, 1.54) is 0 Å². The fourth-order valence-electron chi connectivity index (χ4n) is 4.24. The highest BCUT2D eigenvalue weighted by atomic mass is 32.1. The zero-order valence-corrected chi connectivity index (χ0v) is 20.8. The van der Waals surface area contributed by atoms with E-state index in [1.54, 1.807) is 13.3 Å². The second-order valence-corrected chi connectivity index (χ2v) is 9.15. The summed E-state index contributed by atoms with van der Waals surface area (Å²) in [6, 6.07) is 15.9. The summed E-state index contributed by atoms with van der Waals surface area (Å²) in [5, 5.41) is 7.15. The molecule has 2 aromatic heterocycles. The molecule has 1 aliphatic rings. The van der Waals surface area contributed by atoms with Crippen LogP contribution in [0.2, 0.25) is 0 Å². The molecular formula is C26H31N5O2S. The maximum Gasteiger partial charge on any atom is 0.226 e. The number of hydrogen-bond acceptors (Lipinski definition) is 4. The molecule has 0 saturated carbocycles. The molecule has 1 aliphatic heterocycles. The van der Waals surface area contributed by atoms with Crippen LogP contribution >= 0.6 is 12.2 Å². The number of thiocarbonyl (C=S) groups is 1. The maximum atomic E-state index is 12.2. The van der Waals surface area contributed by atoms with Crippen LogP contribution in [0.25, 0.3) is 0 Å². The van der Waals surface area contributed by atoms with Gasteiger partial charge in [-0.3, -0.25) is 9.78 Å². The van der Waals surface area contributed by atoms with Crippen LogP contribution in [0.1, 0.15) is 42.9 Å². The van der Waals surface area contributed by atoms with Crippen molar-refractivity contribution in [2.24, 2.45) is 5.92 Å². The van der Waals surface area contributed by atoms with Crippen LogP contribution in [0.4, 0.5) is 11.4 Å². The van der Waals surface area contributed by atoms with Gasteiger partial charge in [0, 0.05) is 49.0 Å². The molecule has 1 saturated heterocycles. The van der Waals surface area contributed by atoms with Gasteiger partial charge in [-0.15, -0.1) is 0 Å². The van der Waals surface area contributed by atoms with E-state index in [9.17, 15) is 4.79 Å². The second kappa shape index (κ2) is 10.4. The standard InChI is InChI=1S/C26H31N5O2S/c1-17(2)25(32)28-20-11-10-19(16-18(20)3)31-24(22-9-7-13-30(22)14-15-33-4)23(29-26(31)34)21-8-5-6-12-27-21/h5-13,16-17,23-24H,14-15H2,1-4H3,(H,28,32)(H,29,34)/t23-,24-/m0/s1. The predicted octanol–water partition coefficient (Wildman–Crippen LogP) is 4.61. The summed E-state index contributed by atoms with van der Waals surface area (Å²) in [6.45, 7) is 7.12. The average Bonchev–Trinajstić information content (AvgIpc) is 3.43. The Morgan fingerprint density at radius 1 is 1.24 bits per heavy atom. The van der Waals surface area contributed by atoms with Gasteiger partial charge in [-0.2, -0.15) is 0 Å². The van der Waals surface area contributed by atoms with Gasteiger partial charge in [-0.25, -0.2) is 0 Å². The lowest BCUT2D eigenvalue weighted by Gasteiger charge is -2.29. The van der Waals surface area contributed by atoms with E-state index < -0.39 is 0 Å². The third kappa shape index (κ3) is 4.83. The molecule has 7 nitrogen and oxygen atoms in total. The van der Waals surface area contributed by atoms with Crippen LogP contribution in [0, 0.1) is 12.8 Å². The maximum absolute atomic E-state index is 12.2. The fraction of sp³-hybridized carbons (Fsp3) is 0.346. The van der Waals surface area contributed by atoms with Crippen molar-refractivity contribution < 1.29 is 9.53 Å². The third-order valence-electron chi connectivity index (χ3n) is 6.07. The first kappa shape index (κ1) is 23.9. The molecule has 1 amide bonds. The first-order chi connectivity index (χ1) is 16.4. The van der Waals surface area contributed by atoms with Crippen molar-refractivity contribution in [3.63, 3.8) is 0 Å². The first-order valence-corrected chi connectivity index (χ1v) is 11.9. The second-order valence-electron chi connectivity index (χ2n) is 8.76. The Labute approximate surface area is 206 Å². The zero-order valence-electron chi connectivity index (χ0n) is 20.0. The molecule has 0 radical (unpaired) electrons. The van der Waals surface area contributed by atoms with Crippen molar-refractivity contribution in [3.8, 4) is 0 Å². The molecule has 178 valence electrons. The van der Waals surface area contributed by atoms with Crippen LogP contribution in [-0.2, 0) is 16.1 Å². The summed E-state index contributed by atoms with van der Waals surface area (Å²) in [4.78, 5) is 19.0. The number of nitrogens with one attached hydrogen (secondary N) is 2.